The van der Waals surface area contributed by atoms with Gasteiger partial charge in [0.05, 0.1) is 19.2 Å². The molecule has 0 aliphatic carbocycles. The summed E-state index contributed by atoms with van der Waals surface area (Å²) in [6.45, 7) is 4.23. The van der Waals surface area contributed by atoms with E-state index in [1.165, 1.54) is 11.1 Å². The number of benzene rings is 1. The number of hydrogen-bond donors (Lipinski definition) is 1. The van der Waals surface area contributed by atoms with Crippen molar-refractivity contribution in [2.45, 2.75) is 13.0 Å². The molecule has 0 radical (unpaired) electrons. The second kappa shape index (κ2) is 5.71. The van der Waals surface area contributed by atoms with Gasteiger partial charge in [0, 0.05) is 18.1 Å². The molecule has 98 valence electrons. The molecule has 5 heteroatoms. The molecule has 0 saturated heterocycles. The normalized spacial score (nSPS) is 19.2. The van der Waals surface area contributed by atoms with Crippen LogP contribution in [0.4, 0.5) is 0 Å². The molecule has 18 heavy (non-hydrogen) atoms. The Morgan fingerprint density at radius 1 is 1.56 bits per heavy atom. The van der Waals surface area contributed by atoms with Crippen LogP contribution in [-0.2, 0) is 4.74 Å². The Hall–Kier alpha value is -1.07. The first-order valence-electron chi connectivity index (χ1n) is 5.95. The maximum absolute atomic E-state index is 5.93. The summed E-state index contributed by atoms with van der Waals surface area (Å²) in [7, 11) is 1.70. The van der Waals surface area contributed by atoms with Gasteiger partial charge < -0.3 is 15.4 Å². The van der Waals surface area contributed by atoms with Crippen molar-refractivity contribution < 1.29 is 4.74 Å². The predicted octanol–water partition coefficient (Wildman–Crippen LogP) is 2.08. The van der Waals surface area contributed by atoms with Crippen molar-refractivity contribution in [1.82, 2.24) is 4.90 Å². The molecule has 1 aliphatic rings. The number of rotatable bonds is 4. The number of guanidine groups is 1. The molecule has 0 amide bonds. The van der Waals surface area contributed by atoms with Crippen LogP contribution in [0.2, 0.25) is 0 Å². The summed E-state index contributed by atoms with van der Waals surface area (Å²) in [5.74, 6) is 0.609. The molecule has 1 heterocycles. The third-order valence-corrected chi connectivity index (χ3v) is 4.09. The monoisotopic (exact) mass is 311 g/mol. The van der Waals surface area contributed by atoms with E-state index in [0.29, 0.717) is 12.6 Å². The Balaban J connectivity index is 2.19. The van der Waals surface area contributed by atoms with Crippen molar-refractivity contribution in [3.63, 3.8) is 0 Å². The van der Waals surface area contributed by atoms with Gasteiger partial charge in [-0.25, -0.2) is 0 Å². The molecule has 1 atom stereocenters. The molecule has 0 spiro atoms. The number of halogens is 1. The van der Waals surface area contributed by atoms with Crippen LogP contribution in [0.3, 0.4) is 0 Å². The highest BCUT2D eigenvalue weighted by molar-refractivity contribution is 9.10. The molecule has 0 bridgehead atoms. The predicted molar refractivity (Wildman–Crippen MR) is 76.7 cm³/mol. The van der Waals surface area contributed by atoms with E-state index in [4.69, 9.17) is 10.5 Å². The molecular weight excluding hydrogens is 294 g/mol. The fraction of sp³-hybridized carbons (Fsp3) is 0.462. The lowest BCUT2D eigenvalue weighted by atomic mass is 10.0. The molecule has 4 nitrogen and oxygen atoms in total. The lowest BCUT2D eigenvalue weighted by Crippen LogP contribution is -2.38. The molecule has 2 rings (SSSR count). The summed E-state index contributed by atoms with van der Waals surface area (Å²) in [5, 5.41) is 0. The SMILES string of the molecule is COCCN1C(N)=NCC1c1ccc(Br)c(C)c1. The molecule has 0 aromatic heterocycles. The van der Waals surface area contributed by atoms with Crippen LogP contribution < -0.4 is 5.73 Å². The lowest BCUT2D eigenvalue weighted by Gasteiger charge is -2.26. The summed E-state index contributed by atoms with van der Waals surface area (Å²) in [5.41, 5.74) is 8.40. The number of nitrogens with zero attached hydrogens (tertiary/aromatic N) is 2. The van der Waals surface area contributed by atoms with Crippen LogP contribution in [0.25, 0.3) is 0 Å². The van der Waals surface area contributed by atoms with Crippen molar-refractivity contribution in [1.29, 1.82) is 0 Å². The molecule has 1 aromatic rings. The third-order valence-electron chi connectivity index (χ3n) is 3.20. The first-order valence-corrected chi connectivity index (χ1v) is 6.74. The Morgan fingerprint density at radius 3 is 3.00 bits per heavy atom. The van der Waals surface area contributed by atoms with Crippen LogP contribution in [0.1, 0.15) is 17.2 Å². The van der Waals surface area contributed by atoms with Gasteiger partial charge in [0.1, 0.15) is 0 Å². The summed E-state index contributed by atoms with van der Waals surface area (Å²) >= 11 is 3.52. The second-order valence-electron chi connectivity index (χ2n) is 4.41. The number of ether oxygens (including phenoxy) is 1. The minimum absolute atomic E-state index is 0.229. The molecule has 1 unspecified atom stereocenters. The van der Waals surface area contributed by atoms with Gasteiger partial charge in [-0.05, 0) is 24.1 Å². The first-order chi connectivity index (χ1) is 8.63. The molecular formula is C13H18BrN3O. The van der Waals surface area contributed by atoms with Gasteiger partial charge in [0.25, 0.3) is 0 Å². The van der Waals surface area contributed by atoms with Gasteiger partial charge in [0.15, 0.2) is 5.96 Å². The van der Waals surface area contributed by atoms with Crippen molar-refractivity contribution in [2.75, 3.05) is 26.8 Å². The van der Waals surface area contributed by atoms with E-state index in [1.54, 1.807) is 7.11 Å². The summed E-state index contributed by atoms with van der Waals surface area (Å²) in [6.07, 6.45) is 0. The summed E-state index contributed by atoms with van der Waals surface area (Å²) < 4.78 is 6.25. The van der Waals surface area contributed by atoms with Crippen molar-refractivity contribution in [3.05, 3.63) is 33.8 Å². The molecule has 0 fully saturated rings. The Kier molecular flexibility index (Phi) is 4.24. The zero-order valence-electron chi connectivity index (χ0n) is 10.7. The number of methoxy groups -OCH3 is 1. The van der Waals surface area contributed by atoms with Crippen LogP contribution in [0.5, 0.6) is 0 Å². The van der Waals surface area contributed by atoms with Gasteiger partial charge in [-0.1, -0.05) is 28.1 Å². The molecule has 1 aliphatic heterocycles. The van der Waals surface area contributed by atoms with Crippen LogP contribution in [-0.4, -0.2) is 37.7 Å². The highest BCUT2D eigenvalue weighted by Gasteiger charge is 2.27. The smallest absolute Gasteiger partial charge is 0.192 e. The number of nitrogens with two attached hydrogens (primary N) is 1. The first kappa shape index (κ1) is 13.4. The maximum Gasteiger partial charge on any atom is 0.192 e. The molecule has 2 N–H and O–H groups in total. The van der Waals surface area contributed by atoms with Gasteiger partial charge in [-0.2, -0.15) is 0 Å². The standard InChI is InChI=1S/C13H18BrN3O/c1-9-7-10(3-4-11(9)14)12-8-16-13(15)17(12)5-6-18-2/h3-4,7,12H,5-6,8H2,1-2H3,(H2,15,16). The molecule has 0 saturated carbocycles. The second-order valence-corrected chi connectivity index (χ2v) is 5.26. The van der Waals surface area contributed by atoms with E-state index in [0.717, 1.165) is 17.6 Å². The minimum atomic E-state index is 0.229. The van der Waals surface area contributed by atoms with Crippen LogP contribution in [0.15, 0.2) is 27.7 Å². The Morgan fingerprint density at radius 2 is 2.33 bits per heavy atom. The van der Waals surface area contributed by atoms with Crippen molar-refractivity contribution in [2.24, 2.45) is 10.7 Å². The lowest BCUT2D eigenvalue weighted by molar-refractivity contribution is 0.166. The average molecular weight is 312 g/mol. The van der Waals surface area contributed by atoms with E-state index in [2.05, 4.69) is 50.9 Å². The van der Waals surface area contributed by atoms with E-state index >= 15 is 0 Å². The van der Waals surface area contributed by atoms with Gasteiger partial charge >= 0.3 is 0 Å². The molecule has 1 aromatic carbocycles. The number of aryl methyl sites for hydroxylation is 1. The van der Waals surface area contributed by atoms with E-state index in [-0.39, 0.29) is 6.04 Å². The summed E-state index contributed by atoms with van der Waals surface area (Å²) in [4.78, 5) is 6.44. The van der Waals surface area contributed by atoms with Gasteiger partial charge in [0.2, 0.25) is 0 Å². The maximum atomic E-state index is 5.93. The van der Waals surface area contributed by atoms with Gasteiger partial charge in [-0.15, -0.1) is 0 Å². The van der Waals surface area contributed by atoms with Crippen molar-refractivity contribution in [3.8, 4) is 0 Å². The fourth-order valence-corrected chi connectivity index (χ4v) is 2.40. The number of hydrogen-bond acceptors (Lipinski definition) is 4. The zero-order chi connectivity index (χ0) is 13.1. The average Bonchev–Trinajstić information content (AvgIpc) is 2.72. The fourth-order valence-electron chi connectivity index (χ4n) is 2.15. The quantitative estimate of drug-likeness (QED) is 0.926. The summed E-state index contributed by atoms with van der Waals surface area (Å²) in [6, 6.07) is 6.61. The minimum Gasteiger partial charge on any atom is -0.383 e. The van der Waals surface area contributed by atoms with E-state index in [1.807, 2.05) is 0 Å². The van der Waals surface area contributed by atoms with Crippen LogP contribution >= 0.6 is 15.9 Å². The highest BCUT2D eigenvalue weighted by atomic mass is 79.9. The van der Waals surface area contributed by atoms with E-state index < -0.39 is 0 Å². The highest BCUT2D eigenvalue weighted by Crippen LogP contribution is 2.28. The van der Waals surface area contributed by atoms with Crippen molar-refractivity contribution >= 4 is 21.9 Å². The largest absolute Gasteiger partial charge is 0.383 e. The third kappa shape index (κ3) is 2.67. The number of aliphatic imine (C=N–C) groups is 1. The van der Waals surface area contributed by atoms with Crippen LogP contribution in [0, 0.1) is 6.92 Å². The zero-order valence-corrected chi connectivity index (χ0v) is 12.3. The topological polar surface area (TPSA) is 50.9 Å². The van der Waals surface area contributed by atoms with E-state index in [9.17, 15) is 0 Å². The van der Waals surface area contributed by atoms with Gasteiger partial charge in [-0.3, -0.25) is 4.99 Å². The Bertz CT molecular complexity index is 462. The Labute approximate surface area is 116 Å².